The van der Waals surface area contributed by atoms with Gasteiger partial charge >= 0.3 is 54.1 Å². The number of rotatable bonds is 6. The van der Waals surface area contributed by atoms with E-state index in [1.165, 1.54) is 20.8 Å². The molecule has 70 heavy (non-hydrogen) atoms. The minimum absolute atomic E-state index is 0. The number of carbonyl (C=O) groups is 3. The molecule has 6 saturated carbocycles. The van der Waals surface area contributed by atoms with Gasteiger partial charge in [-0.2, -0.15) is 92.2 Å². The Labute approximate surface area is 423 Å². The van der Waals surface area contributed by atoms with E-state index in [4.69, 9.17) is 0 Å². The number of hydrogen-bond acceptors (Lipinski definition) is 6. The molecule has 6 nitrogen and oxygen atoms in total. The third-order valence-corrected chi connectivity index (χ3v) is 16.9. The number of fused-ring (bicyclic) bond motifs is 6. The maximum absolute atomic E-state index is 13.7. The maximum Gasteiger partial charge on any atom is 0.460 e. The first-order chi connectivity index (χ1) is 30.1. The van der Waals surface area contributed by atoms with Crippen molar-refractivity contribution in [2.24, 2.45) is 50.2 Å². The maximum atomic E-state index is 13.7. The predicted octanol–water partition coefficient (Wildman–Crippen LogP) is 14.0. The summed E-state index contributed by atoms with van der Waals surface area (Å²) >= 11 is 0. The Morgan fingerprint density at radius 1 is 0.371 bits per heavy atom. The molecule has 28 heteroatoms. The zero-order valence-electron chi connectivity index (χ0n) is 37.7. The molecule has 0 aromatic rings. The van der Waals surface area contributed by atoms with Gasteiger partial charge in [0.1, 0.15) is 0 Å². The van der Waals surface area contributed by atoms with Crippen molar-refractivity contribution in [2.45, 2.75) is 155 Å². The second-order valence-corrected chi connectivity index (χ2v) is 20.6. The van der Waals surface area contributed by atoms with Crippen molar-refractivity contribution < 1.29 is 169 Å². The first-order valence-corrected chi connectivity index (χ1v) is 20.5. The molecule has 0 heterocycles. The fourth-order valence-electron chi connectivity index (χ4n) is 10.9. The van der Waals surface area contributed by atoms with Crippen LogP contribution in [0.1, 0.15) is 101 Å². The van der Waals surface area contributed by atoms with Crippen LogP contribution in [0.3, 0.4) is 0 Å². The van der Waals surface area contributed by atoms with E-state index >= 15 is 0 Å². The Morgan fingerprint density at radius 3 is 0.643 bits per heavy atom. The summed E-state index contributed by atoms with van der Waals surface area (Å²) in [5, 5.41) is 28.6. The zero-order valence-corrected chi connectivity index (χ0v) is 39.5. The normalized spacial score (nSPS) is 32.8. The number of hydrogen-bond donors (Lipinski definition) is 3. The summed E-state index contributed by atoms with van der Waals surface area (Å²) in [6, 6.07) is 0. The average Bonchev–Trinajstić information content (AvgIpc) is 3.79. The SMILES string of the molecule is CC12CCC(C(=C(O)C(F)(F)C(F)(F)C(F)(F)F)C1=O)C2(C)C.CC12CCC(C(=C(O)C(F)(F)C(F)(F)C(F)(F)F)C1=O)C2(C)C.CC12CCC(C(=C(O)C(F)(F)C(F)(F)C(F)(F)F)C1=O)C2(C)C.[Yb]. The van der Waals surface area contributed by atoms with Gasteiger partial charge in [0.2, 0.25) is 0 Å². The number of ketones is 3. The largest absolute Gasteiger partial charge is 0.506 e. The van der Waals surface area contributed by atoms with Crippen LogP contribution in [0.4, 0.5) is 92.2 Å². The Kier molecular flexibility index (Phi) is 15.1. The van der Waals surface area contributed by atoms with Crippen molar-refractivity contribution >= 4 is 17.3 Å². The number of aliphatic hydroxyl groups is 3. The second-order valence-electron chi connectivity index (χ2n) is 20.6. The fourth-order valence-corrected chi connectivity index (χ4v) is 10.9. The van der Waals surface area contributed by atoms with Crippen molar-refractivity contribution in [3.63, 3.8) is 0 Å². The summed E-state index contributed by atoms with van der Waals surface area (Å²) in [5.74, 6) is -50.5. The molecular weight excluding hydrogens is 1170 g/mol. The Hall–Kier alpha value is -2.32. The summed E-state index contributed by atoms with van der Waals surface area (Å²) in [7, 11) is 0. The monoisotopic (exact) mass is 1220 g/mol. The molecule has 6 rings (SSSR count). The van der Waals surface area contributed by atoms with Crippen molar-refractivity contribution in [1.29, 1.82) is 0 Å². The average molecular weight is 1220 g/mol. The van der Waals surface area contributed by atoms with E-state index in [9.17, 15) is 122 Å². The van der Waals surface area contributed by atoms with Gasteiger partial charge in [-0.05, 0) is 72.5 Å². The van der Waals surface area contributed by atoms with Gasteiger partial charge in [0.25, 0.3) is 0 Å². The smallest absolute Gasteiger partial charge is 0.460 e. The minimum Gasteiger partial charge on any atom is -0.506 e. The molecule has 0 aromatic carbocycles. The molecule has 6 aliphatic rings. The standard InChI is InChI=1S/3C14H15F7O2.Yb/c3*1-10(2)6-4-5-11(10,3)8(22)7(6)9(23)12(15,16)13(17,18)14(19,20)21;/h3*6,23H,4-5H2,1-3H3;. The van der Waals surface area contributed by atoms with E-state index in [1.54, 1.807) is 41.5 Å². The van der Waals surface area contributed by atoms with E-state index in [2.05, 4.69) is 0 Å². The Morgan fingerprint density at radius 2 is 0.529 bits per heavy atom. The summed E-state index contributed by atoms with van der Waals surface area (Å²) in [6.45, 7) is 13.6. The number of carbonyl (C=O) groups excluding carboxylic acids is 3. The number of halogens is 21. The van der Waals surface area contributed by atoms with E-state index in [0.717, 1.165) is 0 Å². The molecule has 0 aliphatic heterocycles. The zero-order chi connectivity index (χ0) is 54.7. The van der Waals surface area contributed by atoms with E-state index in [0.29, 0.717) is 19.3 Å². The van der Waals surface area contributed by atoms with Crippen LogP contribution < -0.4 is 0 Å². The molecule has 6 aliphatic carbocycles. The summed E-state index contributed by atoms with van der Waals surface area (Å²) in [4.78, 5) is 36.9. The van der Waals surface area contributed by atoms with Crippen LogP contribution in [-0.2, 0) is 14.4 Å². The summed E-state index contributed by atoms with van der Waals surface area (Å²) in [6.07, 6.45) is -18.3. The summed E-state index contributed by atoms with van der Waals surface area (Å²) < 4.78 is 271. The molecule has 0 spiro atoms. The fraction of sp³-hybridized carbons (Fsp3) is 0.786. The van der Waals surface area contributed by atoms with Crippen LogP contribution >= 0.6 is 0 Å². The Balaban J connectivity index is 0.000000276. The van der Waals surface area contributed by atoms with Crippen molar-refractivity contribution in [3.05, 3.63) is 34.0 Å². The minimum atomic E-state index is -6.56. The van der Waals surface area contributed by atoms with Crippen LogP contribution in [0, 0.1) is 97.2 Å². The molecule has 6 atom stereocenters. The quantitative estimate of drug-likeness (QED) is 0.139. The number of Topliss-reactive ketones (excluding diaryl/α,β-unsaturated/α-hetero) is 3. The molecule has 3 N–H and O–H groups in total. The molecule has 410 valence electrons. The van der Waals surface area contributed by atoms with Crippen LogP contribution in [0.15, 0.2) is 34.0 Å². The van der Waals surface area contributed by atoms with Crippen LogP contribution in [0.25, 0.3) is 0 Å². The topological polar surface area (TPSA) is 112 Å². The van der Waals surface area contributed by atoms with Gasteiger partial charge < -0.3 is 15.3 Å². The van der Waals surface area contributed by atoms with Gasteiger partial charge in [-0.3, -0.25) is 14.4 Å². The van der Waals surface area contributed by atoms with Crippen LogP contribution in [-0.4, -0.2) is 86.7 Å². The van der Waals surface area contributed by atoms with E-state index in [-0.39, 0.29) is 66.2 Å². The van der Waals surface area contributed by atoms with Crippen LogP contribution in [0.2, 0.25) is 0 Å². The second kappa shape index (κ2) is 17.1. The van der Waals surface area contributed by atoms with E-state index in [1.807, 2.05) is 0 Å². The molecule has 0 saturated heterocycles. The number of aliphatic hydroxyl groups excluding tert-OH is 3. The molecule has 6 bridgehead atoms. The van der Waals surface area contributed by atoms with Gasteiger partial charge in [-0.25, -0.2) is 0 Å². The van der Waals surface area contributed by atoms with Gasteiger partial charge in [-0.1, -0.05) is 62.3 Å². The first kappa shape index (κ1) is 62.0. The van der Waals surface area contributed by atoms with Crippen molar-refractivity contribution in [3.8, 4) is 0 Å². The van der Waals surface area contributed by atoms with Gasteiger partial charge in [0.05, 0.1) is 0 Å². The summed E-state index contributed by atoms with van der Waals surface area (Å²) in [5.41, 5.74) is -9.29. The first-order valence-electron chi connectivity index (χ1n) is 20.5. The molecule has 0 amide bonds. The van der Waals surface area contributed by atoms with Crippen LogP contribution in [0.5, 0.6) is 0 Å². The molecule has 6 fully saturated rings. The van der Waals surface area contributed by atoms with Crippen molar-refractivity contribution in [2.75, 3.05) is 0 Å². The van der Waals surface area contributed by atoms with Gasteiger partial charge in [-0.15, -0.1) is 0 Å². The molecular formula is C42H45F21O6Yb. The van der Waals surface area contributed by atoms with Gasteiger partial charge in [0.15, 0.2) is 34.6 Å². The predicted molar refractivity (Wildman–Crippen MR) is 196 cm³/mol. The van der Waals surface area contributed by atoms with Crippen molar-refractivity contribution in [1.82, 2.24) is 0 Å². The molecule has 0 aromatic heterocycles. The molecule has 0 radical (unpaired) electrons. The Bertz CT molecular complexity index is 2020. The van der Waals surface area contributed by atoms with Gasteiger partial charge in [0, 0.05) is 79.9 Å². The third kappa shape index (κ3) is 7.88. The van der Waals surface area contributed by atoms with E-state index < -0.39 is 156 Å². The number of alkyl halides is 21. The third-order valence-electron chi connectivity index (χ3n) is 16.9. The molecule has 6 unspecified atom stereocenters. The number of allylic oxidation sites excluding steroid dienone is 6.